The number of benzene rings is 1. The highest BCUT2D eigenvalue weighted by molar-refractivity contribution is 5.97. The van der Waals surface area contributed by atoms with Crippen LogP contribution in [0.15, 0.2) is 24.3 Å². The molecule has 0 saturated heterocycles. The van der Waals surface area contributed by atoms with Crippen LogP contribution in [-0.2, 0) is 9.53 Å². The fraction of sp³-hybridized carbons (Fsp3) is 0.704. The van der Waals surface area contributed by atoms with Gasteiger partial charge in [-0.05, 0) is 39.3 Å². The number of para-hydroxylation sites is 2. The van der Waals surface area contributed by atoms with Gasteiger partial charge in [-0.15, -0.1) is 0 Å². The Balaban J connectivity index is 2.14. The van der Waals surface area contributed by atoms with Crippen molar-refractivity contribution in [3.8, 4) is 0 Å². The standard InChI is InChI=1S/C27H46N2O3/c1-5-6-7-8-9-10-11-12-13-14-15-16-17-22-25(30)28-23-20-18-19-21-24(23)29-26(31)32-27(2,3)4/h18-21H,5-17,22H2,1-4H3,(H,28,30)(H,29,31). The molecule has 1 aromatic rings. The lowest BCUT2D eigenvalue weighted by molar-refractivity contribution is -0.116. The average molecular weight is 447 g/mol. The van der Waals surface area contributed by atoms with Gasteiger partial charge in [-0.1, -0.05) is 96.1 Å². The van der Waals surface area contributed by atoms with E-state index in [4.69, 9.17) is 4.74 Å². The summed E-state index contributed by atoms with van der Waals surface area (Å²) < 4.78 is 5.29. The van der Waals surface area contributed by atoms with Crippen LogP contribution in [0.1, 0.15) is 118 Å². The van der Waals surface area contributed by atoms with E-state index >= 15 is 0 Å². The van der Waals surface area contributed by atoms with Crippen LogP contribution in [-0.4, -0.2) is 17.6 Å². The minimum atomic E-state index is -0.573. The van der Waals surface area contributed by atoms with E-state index in [9.17, 15) is 9.59 Å². The minimum absolute atomic E-state index is 0.0217. The van der Waals surface area contributed by atoms with Gasteiger partial charge in [0, 0.05) is 6.42 Å². The van der Waals surface area contributed by atoms with Crippen LogP contribution in [0.5, 0.6) is 0 Å². The first-order chi connectivity index (χ1) is 15.3. The Hall–Kier alpha value is -2.04. The quantitative estimate of drug-likeness (QED) is 0.250. The highest BCUT2D eigenvalue weighted by Gasteiger charge is 2.17. The Kier molecular flexibility index (Phi) is 14.5. The Bertz CT molecular complexity index is 653. The van der Waals surface area contributed by atoms with Gasteiger partial charge < -0.3 is 10.1 Å². The number of unbranched alkanes of at least 4 members (excludes halogenated alkanes) is 12. The van der Waals surface area contributed by atoms with Crippen LogP contribution in [0, 0.1) is 0 Å². The lowest BCUT2D eigenvalue weighted by Crippen LogP contribution is -2.27. The zero-order chi connectivity index (χ0) is 23.7. The van der Waals surface area contributed by atoms with Gasteiger partial charge in [0.1, 0.15) is 5.60 Å². The summed E-state index contributed by atoms with van der Waals surface area (Å²) in [7, 11) is 0. The molecule has 5 nitrogen and oxygen atoms in total. The summed E-state index contributed by atoms with van der Waals surface area (Å²) in [4.78, 5) is 24.4. The van der Waals surface area contributed by atoms with E-state index in [1.807, 2.05) is 32.9 Å². The van der Waals surface area contributed by atoms with Gasteiger partial charge in [-0.3, -0.25) is 10.1 Å². The Labute approximate surface area is 196 Å². The number of rotatable bonds is 16. The third-order valence-electron chi connectivity index (χ3n) is 5.34. The van der Waals surface area contributed by atoms with E-state index in [0.717, 1.165) is 12.8 Å². The van der Waals surface area contributed by atoms with Crippen LogP contribution in [0.4, 0.5) is 16.2 Å². The maximum Gasteiger partial charge on any atom is 0.412 e. The van der Waals surface area contributed by atoms with Crippen molar-refractivity contribution < 1.29 is 14.3 Å². The second-order valence-corrected chi connectivity index (χ2v) is 9.71. The van der Waals surface area contributed by atoms with E-state index in [-0.39, 0.29) is 5.91 Å². The number of hydrogen-bond donors (Lipinski definition) is 2. The van der Waals surface area contributed by atoms with Gasteiger partial charge in [-0.25, -0.2) is 4.79 Å². The molecule has 1 aromatic carbocycles. The molecule has 0 aromatic heterocycles. The van der Waals surface area contributed by atoms with Crippen LogP contribution < -0.4 is 10.6 Å². The minimum Gasteiger partial charge on any atom is -0.444 e. The number of carbonyl (C=O) groups is 2. The normalized spacial score (nSPS) is 11.2. The van der Waals surface area contributed by atoms with Crippen molar-refractivity contribution in [2.75, 3.05) is 10.6 Å². The molecule has 0 spiro atoms. The summed E-state index contributed by atoms with van der Waals surface area (Å²) >= 11 is 0. The van der Waals surface area contributed by atoms with Gasteiger partial charge in [-0.2, -0.15) is 0 Å². The molecule has 0 radical (unpaired) electrons. The fourth-order valence-electron chi connectivity index (χ4n) is 3.63. The number of ether oxygens (including phenoxy) is 1. The monoisotopic (exact) mass is 446 g/mol. The Morgan fingerprint density at radius 3 is 1.62 bits per heavy atom. The highest BCUT2D eigenvalue weighted by atomic mass is 16.6. The highest BCUT2D eigenvalue weighted by Crippen LogP contribution is 2.22. The van der Waals surface area contributed by atoms with Crippen LogP contribution in [0.3, 0.4) is 0 Å². The third kappa shape index (κ3) is 14.9. The van der Waals surface area contributed by atoms with Crippen molar-refractivity contribution in [1.82, 2.24) is 0 Å². The summed E-state index contributed by atoms with van der Waals surface area (Å²) in [5, 5.41) is 5.63. The van der Waals surface area contributed by atoms with E-state index in [1.165, 1.54) is 70.6 Å². The third-order valence-corrected chi connectivity index (χ3v) is 5.34. The van der Waals surface area contributed by atoms with Gasteiger partial charge in [0.15, 0.2) is 0 Å². The summed E-state index contributed by atoms with van der Waals surface area (Å²) in [6.07, 6.45) is 16.7. The second kappa shape index (κ2) is 16.6. The summed E-state index contributed by atoms with van der Waals surface area (Å²) in [6.45, 7) is 7.71. The SMILES string of the molecule is CCCCCCCCCCCCCCCC(=O)Nc1ccccc1NC(=O)OC(C)(C)C. The van der Waals surface area contributed by atoms with Crippen molar-refractivity contribution in [3.63, 3.8) is 0 Å². The maximum atomic E-state index is 12.3. The van der Waals surface area contributed by atoms with E-state index in [0.29, 0.717) is 17.8 Å². The number of nitrogens with one attached hydrogen (secondary N) is 2. The van der Waals surface area contributed by atoms with E-state index < -0.39 is 11.7 Å². The summed E-state index contributed by atoms with van der Waals surface area (Å²) in [6, 6.07) is 7.19. The lowest BCUT2D eigenvalue weighted by Gasteiger charge is -2.20. The van der Waals surface area contributed by atoms with E-state index in [1.54, 1.807) is 12.1 Å². The number of anilines is 2. The molecule has 2 amide bonds. The van der Waals surface area contributed by atoms with Crippen LogP contribution in [0.25, 0.3) is 0 Å². The molecule has 0 bridgehead atoms. The molecule has 32 heavy (non-hydrogen) atoms. The predicted molar refractivity (Wildman–Crippen MR) is 135 cm³/mol. The molecular weight excluding hydrogens is 400 g/mol. The fourth-order valence-corrected chi connectivity index (χ4v) is 3.63. The summed E-state index contributed by atoms with van der Waals surface area (Å²) in [5.41, 5.74) is 0.565. The van der Waals surface area contributed by atoms with Crippen molar-refractivity contribution in [1.29, 1.82) is 0 Å². The molecule has 0 atom stereocenters. The number of carbonyl (C=O) groups excluding carboxylic acids is 2. The molecule has 1 rings (SSSR count). The zero-order valence-corrected chi connectivity index (χ0v) is 20.9. The van der Waals surface area contributed by atoms with Crippen molar-refractivity contribution in [3.05, 3.63) is 24.3 Å². The first-order valence-corrected chi connectivity index (χ1v) is 12.7. The zero-order valence-electron chi connectivity index (χ0n) is 20.9. The molecule has 182 valence electrons. The molecule has 5 heteroatoms. The molecule has 0 aliphatic rings. The maximum absolute atomic E-state index is 12.3. The largest absolute Gasteiger partial charge is 0.444 e. The molecular formula is C27H46N2O3. The van der Waals surface area contributed by atoms with E-state index in [2.05, 4.69) is 17.6 Å². The first-order valence-electron chi connectivity index (χ1n) is 12.7. The van der Waals surface area contributed by atoms with Gasteiger partial charge in [0.25, 0.3) is 0 Å². The van der Waals surface area contributed by atoms with Gasteiger partial charge in [0.05, 0.1) is 11.4 Å². The van der Waals surface area contributed by atoms with Crippen LogP contribution in [0.2, 0.25) is 0 Å². The van der Waals surface area contributed by atoms with Crippen LogP contribution >= 0.6 is 0 Å². The van der Waals surface area contributed by atoms with Gasteiger partial charge in [0.2, 0.25) is 5.91 Å². The molecule has 0 aliphatic heterocycles. The lowest BCUT2D eigenvalue weighted by atomic mass is 10.0. The second-order valence-electron chi connectivity index (χ2n) is 9.71. The molecule has 0 unspecified atom stereocenters. The molecule has 0 heterocycles. The molecule has 0 fully saturated rings. The van der Waals surface area contributed by atoms with Crippen molar-refractivity contribution >= 4 is 23.4 Å². The predicted octanol–water partition coefficient (Wildman–Crippen LogP) is 8.45. The topological polar surface area (TPSA) is 67.4 Å². The molecule has 2 N–H and O–H groups in total. The molecule has 0 saturated carbocycles. The van der Waals surface area contributed by atoms with Gasteiger partial charge >= 0.3 is 6.09 Å². The Morgan fingerprint density at radius 1 is 0.719 bits per heavy atom. The number of hydrogen-bond acceptors (Lipinski definition) is 3. The summed E-state index contributed by atoms with van der Waals surface area (Å²) in [5.74, 6) is -0.0217. The Morgan fingerprint density at radius 2 is 1.16 bits per heavy atom. The number of amides is 2. The first kappa shape index (κ1) is 28.0. The van der Waals surface area contributed by atoms with Crippen molar-refractivity contribution in [2.45, 2.75) is 123 Å². The smallest absolute Gasteiger partial charge is 0.412 e. The molecule has 0 aliphatic carbocycles. The average Bonchev–Trinajstić information content (AvgIpc) is 2.71. The van der Waals surface area contributed by atoms with Crippen molar-refractivity contribution in [2.24, 2.45) is 0 Å².